The zero-order valence-electron chi connectivity index (χ0n) is 7.24. The van der Waals surface area contributed by atoms with Crippen LogP contribution >= 0.6 is 31.9 Å². The monoisotopic (exact) mass is 318 g/mol. The number of carbonyl (C=O) groups is 1. The van der Waals surface area contributed by atoms with Crippen molar-refractivity contribution in [2.24, 2.45) is 23.7 Å². The smallest absolute Gasteiger partial charge is 0.315 e. The molecule has 3 rings (SSSR count). The lowest BCUT2D eigenvalue weighted by Gasteiger charge is -2.15. The first-order valence-electron chi connectivity index (χ1n) is 4.63. The van der Waals surface area contributed by atoms with Crippen LogP contribution in [0.15, 0.2) is 21.3 Å². The molecule has 1 saturated carbocycles. The highest BCUT2D eigenvalue weighted by Crippen LogP contribution is 2.56. The number of allylic oxidation sites excluding steroid dienone is 3. The van der Waals surface area contributed by atoms with Gasteiger partial charge >= 0.3 is 5.97 Å². The second kappa shape index (κ2) is 2.95. The summed E-state index contributed by atoms with van der Waals surface area (Å²) in [5.41, 5.74) is 0. The summed E-state index contributed by atoms with van der Waals surface area (Å²) in [6.07, 6.45) is 5.50. The maximum absolute atomic E-state index is 11.6. The van der Waals surface area contributed by atoms with E-state index in [9.17, 15) is 4.79 Å². The number of esters is 1. The van der Waals surface area contributed by atoms with E-state index >= 15 is 0 Å². The first-order chi connectivity index (χ1) is 6.68. The van der Waals surface area contributed by atoms with Crippen molar-refractivity contribution in [1.82, 2.24) is 0 Å². The van der Waals surface area contributed by atoms with Crippen LogP contribution in [0.4, 0.5) is 0 Å². The third-order valence-corrected chi connectivity index (χ3v) is 4.21. The summed E-state index contributed by atoms with van der Waals surface area (Å²) in [5, 5.41) is 0. The summed E-state index contributed by atoms with van der Waals surface area (Å²) < 4.78 is 6.06. The van der Waals surface area contributed by atoms with Crippen molar-refractivity contribution in [1.29, 1.82) is 0 Å². The van der Waals surface area contributed by atoms with Crippen LogP contribution in [0.2, 0.25) is 0 Å². The largest absolute Gasteiger partial charge is 0.429 e. The van der Waals surface area contributed by atoms with Crippen molar-refractivity contribution < 1.29 is 9.53 Å². The van der Waals surface area contributed by atoms with Crippen LogP contribution in [0.3, 0.4) is 0 Å². The van der Waals surface area contributed by atoms with Crippen molar-refractivity contribution in [2.45, 2.75) is 6.42 Å². The second-order valence-corrected chi connectivity index (χ2v) is 6.70. The molecule has 4 atom stereocenters. The molecular weight excluding hydrogens is 312 g/mol. The van der Waals surface area contributed by atoms with E-state index in [-0.39, 0.29) is 17.8 Å². The van der Waals surface area contributed by atoms with Crippen LogP contribution in [0.1, 0.15) is 6.42 Å². The minimum absolute atomic E-state index is 0.0572. The van der Waals surface area contributed by atoms with Gasteiger partial charge in [-0.1, -0.05) is 12.2 Å². The fourth-order valence-corrected chi connectivity index (χ4v) is 3.60. The van der Waals surface area contributed by atoms with Crippen molar-refractivity contribution in [3.63, 3.8) is 0 Å². The van der Waals surface area contributed by atoms with E-state index in [2.05, 4.69) is 44.0 Å². The molecule has 0 radical (unpaired) electrons. The van der Waals surface area contributed by atoms with E-state index in [0.29, 0.717) is 11.8 Å². The summed E-state index contributed by atoms with van der Waals surface area (Å²) in [7, 11) is 0. The maximum atomic E-state index is 11.6. The van der Waals surface area contributed by atoms with Gasteiger partial charge in [0.25, 0.3) is 0 Å². The molecule has 0 spiro atoms. The van der Waals surface area contributed by atoms with Crippen LogP contribution in [0.5, 0.6) is 0 Å². The predicted molar refractivity (Wildman–Crippen MR) is 58.7 cm³/mol. The fourth-order valence-electron chi connectivity index (χ4n) is 2.91. The molecule has 0 unspecified atom stereocenters. The van der Waals surface area contributed by atoms with Gasteiger partial charge in [0.1, 0.15) is 5.76 Å². The van der Waals surface area contributed by atoms with Crippen molar-refractivity contribution in [2.75, 3.05) is 0 Å². The van der Waals surface area contributed by atoms with E-state index in [0.717, 1.165) is 15.6 Å². The molecule has 2 fully saturated rings. The molecular formula is C10H8Br2O2. The highest BCUT2D eigenvalue weighted by Gasteiger charge is 2.56. The van der Waals surface area contributed by atoms with Crippen LogP contribution in [0.25, 0.3) is 0 Å². The highest BCUT2D eigenvalue weighted by atomic mass is 79.9. The maximum Gasteiger partial charge on any atom is 0.315 e. The molecule has 1 heterocycles. The SMILES string of the molecule is O=C1OC(=C(Br)Br)[C@H]2[C@H]1[C@@H]1C=C[C@@H]2C1. The number of carbonyl (C=O) groups excluding carboxylic acids is 1. The van der Waals surface area contributed by atoms with E-state index < -0.39 is 0 Å². The van der Waals surface area contributed by atoms with Gasteiger partial charge in [-0.25, -0.2) is 0 Å². The Morgan fingerprint density at radius 1 is 1.29 bits per heavy atom. The van der Waals surface area contributed by atoms with Gasteiger partial charge in [0.2, 0.25) is 0 Å². The van der Waals surface area contributed by atoms with Gasteiger partial charge < -0.3 is 4.74 Å². The molecule has 2 nitrogen and oxygen atoms in total. The number of fused-ring (bicyclic) bond motifs is 5. The number of hydrogen-bond donors (Lipinski definition) is 0. The van der Waals surface area contributed by atoms with Gasteiger partial charge in [-0.15, -0.1) is 0 Å². The normalized spacial score (nSPS) is 43.0. The molecule has 0 aromatic rings. The first-order valence-corrected chi connectivity index (χ1v) is 6.22. The van der Waals surface area contributed by atoms with E-state index in [1.54, 1.807) is 0 Å². The third kappa shape index (κ3) is 1.04. The molecule has 1 saturated heterocycles. The summed E-state index contributed by atoms with van der Waals surface area (Å²) in [5.74, 6) is 1.98. The second-order valence-electron chi connectivity index (χ2n) is 4.05. The van der Waals surface area contributed by atoms with Gasteiger partial charge in [-0.2, -0.15) is 0 Å². The molecule has 0 aromatic carbocycles. The Kier molecular flexibility index (Phi) is 1.93. The summed E-state index contributed by atoms with van der Waals surface area (Å²) in [6, 6.07) is 0. The first kappa shape index (κ1) is 9.16. The number of rotatable bonds is 0. The highest BCUT2D eigenvalue weighted by molar-refractivity contribution is 9.28. The lowest BCUT2D eigenvalue weighted by atomic mass is 9.84. The third-order valence-electron chi connectivity index (χ3n) is 3.43. The Bertz CT molecular complexity index is 368. The molecule has 4 heteroatoms. The van der Waals surface area contributed by atoms with E-state index in [1.807, 2.05) is 0 Å². The Labute approximate surface area is 98.6 Å². The lowest BCUT2D eigenvalue weighted by molar-refractivity contribution is -0.139. The number of ether oxygens (including phenoxy) is 1. The Morgan fingerprint density at radius 3 is 2.57 bits per heavy atom. The predicted octanol–water partition coefficient (Wildman–Crippen LogP) is 2.94. The average Bonchev–Trinajstić information content (AvgIpc) is 2.75. The molecule has 3 aliphatic rings. The zero-order valence-corrected chi connectivity index (χ0v) is 10.4. The lowest BCUT2D eigenvalue weighted by Crippen LogP contribution is -2.19. The number of cyclic esters (lactones) is 1. The van der Waals surface area contributed by atoms with Crippen LogP contribution < -0.4 is 0 Å². The Morgan fingerprint density at radius 2 is 1.93 bits per heavy atom. The summed E-state index contributed by atoms with van der Waals surface area (Å²) in [4.78, 5) is 11.6. The molecule has 2 bridgehead atoms. The average molecular weight is 320 g/mol. The van der Waals surface area contributed by atoms with Gasteiger partial charge in [0.05, 0.1) is 9.31 Å². The van der Waals surface area contributed by atoms with E-state index in [1.165, 1.54) is 0 Å². The number of hydrogen-bond acceptors (Lipinski definition) is 2. The Hall–Kier alpha value is -0.0900. The van der Waals surface area contributed by atoms with Gasteiger partial charge in [0, 0.05) is 5.92 Å². The molecule has 2 aliphatic carbocycles. The van der Waals surface area contributed by atoms with Crippen LogP contribution in [-0.2, 0) is 9.53 Å². The molecule has 14 heavy (non-hydrogen) atoms. The van der Waals surface area contributed by atoms with Crippen molar-refractivity contribution >= 4 is 37.8 Å². The van der Waals surface area contributed by atoms with E-state index in [4.69, 9.17) is 4.74 Å². The van der Waals surface area contributed by atoms with Gasteiger partial charge in [-0.05, 0) is 50.1 Å². The minimum atomic E-state index is -0.0572. The Balaban J connectivity index is 2.08. The summed E-state index contributed by atoms with van der Waals surface area (Å²) in [6.45, 7) is 0. The van der Waals surface area contributed by atoms with Crippen molar-refractivity contribution in [3.05, 3.63) is 21.3 Å². The number of halogens is 2. The fraction of sp³-hybridized carbons (Fsp3) is 0.500. The van der Waals surface area contributed by atoms with Crippen molar-refractivity contribution in [3.8, 4) is 0 Å². The molecule has 1 aliphatic heterocycles. The quantitative estimate of drug-likeness (QED) is 0.507. The van der Waals surface area contributed by atoms with Crippen LogP contribution in [-0.4, -0.2) is 5.97 Å². The molecule has 74 valence electrons. The van der Waals surface area contributed by atoms with Gasteiger partial charge in [-0.3, -0.25) is 4.79 Å². The molecule has 0 amide bonds. The minimum Gasteiger partial charge on any atom is -0.429 e. The van der Waals surface area contributed by atoms with Gasteiger partial charge in [0.15, 0.2) is 0 Å². The zero-order chi connectivity index (χ0) is 9.87. The topological polar surface area (TPSA) is 26.3 Å². The molecule has 0 aromatic heterocycles. The summed E-state index contributed by atoms with van der Waals surface area (Å²) >= 11 is 6.66. The molecule has 0 N–H and O–H groups in total. The standard InChI is InChI=1S/C10H8Br2O2/c11-9(12)8-6-4-1-2-5(3-4)7(6)10(13)14-8/h1-2,4-7H,3H2/t4-,5-,6-,7-/m1/s1. The van der Waals surface area contributed by atoms with Crippen LogP contribution in [0, 0.1) is 23.7 Å².